The first-order chi connectivity index (χ1) is 8.20. The molecule has 0 fully saturated rings. The highest BCUT2D eigenvalue weighted by molar-refractivity contribution is 7.99. The highest BCUT2D eigenvalue weighted by atomic mass is 32.2. The van der Waals surface area contributed by atoms with E-state index in [9.17, 15) is 0 Å². The van der Waals surface area contributed by atoms with Crippen LogP contribution in [0.1, 0.15) is 11.3 Å². The van der Waals surface area contributed by atoms with Gasteiger partial charge in [-0.1, -0.05) is 5.16 Å². The normalized spacial score (nSPS) is 11.7. The number of nitrogens with one attached hydrogen (secondary N) is 1. The highest BCUT2D eigenvalue weighted by Crippen LogP contribution is 2.25. The number of oxime groups is 1. The quantitative estimate of drug-likeness (QED) is 0.321. The summed E-state index contributed by atoms with van der Waals surface area (Å²) in [5.41, 5.74) is 6.96. The van der Waals surface area contributed by atoms with Gasteiger partial charge in [0.15, 0.2) is 11.0 Å². The molecule has 4 N–H and O–H groups in total. The summed E-state index contributed by atoms with van der Waals surface area (Å²) in [6.45, 7) is 1.86. The van der Waals surface area contributed by atoms with E-state index in [-0.39, 0.29) is 5.84 Å². The van der Waals surface area contributed by atoms with E-state index in [2.05, 4.69) is 25.3 Å². The molecular weight excluding hydrogens is 240 g/mol. The number of aromatic nitrogens is 4. The average molecular weight is 250 g/mol. The SMILES string of the molecule is Cc1ccc(C(N)=NO)c(Sc2ncn[nH]2)n1. The van der Waals surface area contributed by atoms with Crippen LogP contribution in [0.3, 0.4) is 0 Å². The smallest absolute Gasteiger partial charge is 0.189 e. The van der Waals surface area contributed by atoms with Crippen LogP contribution < -0.4 is 5.73 Å². The van der Waals surface area contributed by atoms with Crippen LogP contribution >= 0.6 is 11.8 Å². The summed E-state index contributed by atoms with van der Waals surface area (Å²) in [5, 5.41) is 19.3. The Balaban J connectivity index is 2.40. The lowest BCUT2D eigenvalue weighted by molar-refractivity contribution is 0.318. The van der Waals surface area contributed by atoms with Crippen LogP contribution in [0.4, 0.5) is 0 Å². The van der Waals surface area contributed by atoms with E-state index >= 15 is 0 Å². The maximum Gasteiger partial charge on any atom is 0.189 e. The second-order valence-electron chi connectivity index (χ2n) is 3.18. The number of aryl methyl sites for hydroxylation is 1. The molecule has 0 spiro atoms. The van der Waals surface area contributed by atoms with Gasteiger partial charge in [-0.25, -0.2) is 9.97 Å². The molecule has 8 heteroatoms. The maximum atomic E-state index is 8.70. The predicted octanol–water partition coefficient (Wildman–Crippen LogP) is 0.754. The lowest BCUT2D eigenvalue weighted by Gasteiger charge is -2.05. The first-order valence-corrected chi connectivity index (χ1v) is 5.51. The molecule has 0 atom stereocenters. The Labute approximate surface area is 101 Å². The Morgan fingerprint density at radius 1 is 1.53 bits per heavy atom. The van der Waals surface area contributed by atoms with Crippen molar-refractivity contribution in [3.63, 3.8) is 0 Å². The van der Waals surface area contributed by atoms with Crippen molar-refractivity contribution in [2.24, 2.45) is 10.9 Å². The fourth-order valence-corrected chi connectivity index (χ4v) is 2.05. The van der Waals surface area contributed by atoms with Crippen LogP contribution in [-0.2, 0) is 0 Å². The largest absolute Gasteiger partial charge is 0.409 e. The van der Waals surface area contributed by atoms with Crippen LogP contribution in [-0.4, -0.2) is 31.2 Å². The first kappa shape index (κ1) is 11.4. The molecule has 2 aromatic rings. The summed E-state index contributed by atoms with van der Waals surface area (Å²) in [7, 11) is 0. The minimum atomic E-state index is 0.0134. The number of rotatable bonds is 3. The molecule has 0 aliphatic carbocycles. The van der Waals surface area contributed by atoms with Crippen molar-refractivity contribution in [1.82, 2.24) is 20.2 Å². The summed E-state index contributed by atoms with van der Waals surface area (Å²) in [6.07, 6.45) is 1.40. The summed E-state index contributed by atoms with van der Waals surface area (Å²) >= 11 is 1.27. The minimum Gasteiger partial charge on any atom is -0.409 e. The Morgan fingerprint density at radius 2 is 2.35 bits per heavy atom. The number of pyridine rings is 1. The van der Waals surface area contributed by atoms with E-state index in [0.29, 0.717) is 15.7 Å². The number of hydrogen-bond acceptors (Lipinski definition) is 6. The predicted molar refractivity (Wildman–Crippen MR) is 62.0 cm³/mol. The van der Waals surface area contributed by atoms with Gasteiger partial charge in [-0.2, -0.15) is 5.10 Å². The number of amidine groups is 1. The molecule has 0 unspecified atom stereocenters. The Hall–Kier alpha value is -2.09. The average Bonchev–Trinajstić information content (AvgIpc) is 2.81. The minimum absolute atomic E-state index is 0.0134. The second-order valence-corrected chi connectivity index (χ2v) is 4.16. The van der Waals surface area contributed by atoms with Gasteiger partial charge in [-0.15, -0.1) is 0 Å². The third-order valence-corrected chi connectivity index (χ3v) is 2.86. The van der Waals surface area contributed by atoms with Crippen LogP contribution in [0.5, 0.6) is 0 Å². The zero-order valence-corrected chi connectivity index (χ0v) is 9.77. The molecular formula is C9H10N6OS. The van der Waals surface area contributed by atoms with Crippen molar-refractivity contribution in [3.8, 4) is 0 Å². The van der Waals surface area contributed by atoms with Gasteiger partial charge in [0.05, 0.1) is 5.56 Å². The lowest BCUT2D eigenvalue weighted by atomic mass is 10.2. The van der Waals surface area contributed by atoms with Crippen molar-refractivity contribution in [2.75, 3.05) is 0 Å². The number of aromatic amines is 1. The van der Waals surface area contributed by atoms with Gasteiger partial charge < -0.3 is 10.9 Å². The summed E-state index contributed by atoms with van der Waals surface area (Å²) in [5.74, 6) is 0.0134. The fraction of sp³-hybridized carbons (Fsp3) is 0.111. The van der Waals surface area contributed by atoms with E-state index in [1.807, 2.05) is 6.92 Å². The molecule has 88 valence electrons. The summed E-state index contributed by atoms with van der Waals surface area (Å²) < 4.78 is 0. The maximum absolute atomic E-state index is 8.70. The molecule has 2 heterocycles. The Bertz CT molecular complexity index is 538. The standard InChI is InChI=1S/C9H10N6OS/c1-5-2-3-6(7(10)15-16)8(13-5)17-9-11-4-12-14-9/h2-4,16H,1H3,(H2,10,15)(H,11,12,14). The second kappa shape index (κ2) is 4.83. The van der Waals surface area contributed by atoms with Crippen molar-refractivity contribution in [3.05, 3.63) is 29.7 Å². The third kappa shape index (κ3) is 2.53. The molecule has 7 nitrogen and oxygen atoms in total. The van der Waals surface area contributed by atoms with Crippen molar-refractivity contribution < 1.29 is 5.21 Å². The summed E-state index contributed by atoms with van der Waals surface area (Å²) in [4.78, 5) is 8.30. The zero-order chi connectivity index (χ0) is 12.3. The first-order valence-electron chi connectivity index (χ1n) is 4.69. The van der Waals surface area contributed by atoms with Gasteiger partial charge in [0.25, 0.3) is 0 Å². The number of nitrogens with two attached hydrogens (primary N) is 1. The Morgan fingerprint density at radius 3 is 3.00 bits per heavy atom. The zero-order valence-electron chi connectivity index (χ0n) is 8.95. The van der Waals surface area contributed by atoms with Crippen molar-refractivity contribution >= 4 is 17.6 Å². The summed E-state index contributed by atoms with van der Waals surface area (Å²) in [6, 6.07) is 3.54. The van der Waals surface area contributed by atoms with Crippen LogP contribution in [0, 0.1) is 6.92 Å². The molecule has 0 radical (unpaired) electrons. The number of nitrogens with zero attached hydrogens (tertiary/aromatic N) is 4. The molecule has 0 amide bonds. The van der Waals surface area contributed by atoms with Crippen LogP contribution in [0.15, 0.2) is 33.8 Å². The lowest BCUT2D eigenvalue weighted by Crippen LogP contribution is -2.15. The molecule has 0 aliphatic heterocycles. The van der Waals surface area contributed by atoms with Gasteiger partial charge in [0.2, 0.25) is 0 Å². The van der Waals surface area contributed by atoms with Crippen LogP contribution in [0.2, 0.25) is 0 Å². The fourth-order valence-electron chi connectivity index (χ4n) is 1.19. The number of H-pyrrole nitrogens is 1. The molecule has 2 rings (SSSR count). The molecule has 0 saturated carbocycles. The van der Waals surface area contributed by atoms with E-state index in [0.717, 1.165) is 5.69 Å². The third-order valence-electron chi connectivity index (χ3n) is 1.97. The Kier molecular flexibility index (Phi) is 3.24. The molecule has 0 saturated heterocycles. The van der Waals surface area contributed by atoms with Crippen molar-refractivity contribution in [2.45, 2.75) is 17.1 Å². The molecule has 2 aromatic heterocycles. The molecule has 17 heavy (non-hydrogen) atoms. The molecule has 0 aromatic carbocycles. The monoisotopic (exact) mass is 250 g/mol. The van der Waals surface area contributed by atoms with Gasteiger partial charge >= 0.3 is 0 Å². The van der Waals surface area contributed by atoms with Crippen molar-refractivity contribution in [1.29, 1.82) is 0 Å². The topological polar surface area (TPSA) is 113 Å². The highest BCUT2D eigenvalue weighted by Gasteiger charge is 2.11. The van der Waals surface area contributed by atoms with Gasteiger partial charge in [0, 0.05) is 5.69 Å². The number of hydrogen-bond donors (Lipinski definition) is 3. The van der Waals surface area contributed by atoms with E-state index in [1.165, 1.54) is 18.1 Å². The van der Waals surface area contributed by atoms with Gasteiger partial charge in [-0.3, -0.25) is 5.10 Å². The van der Waals surface area contributed by atoms with E-state index in [4.69, 9.17) is 10.9 Å². The van der Waals surface area contributed by atoms with E-state index in [1.54, 1.807) is 12.1 Å². The molecule has 0 bridgehead atoms. The van der Waals surface area contributed by atoms with E-state index < -0.39 is 0 Å². The van der Waals surface area contributed by atoms with Crippen LogP contribution in [0.25, 0.3) is 0 Å². The van der Waals surface area contributed by atoms with Gasteiger partial charge in [-0.05, 0) is 30.8 Å². The van der Waals surface area contributed by atoms with Gasteiger partial charge in [0.1, 0.15) is 11.4 Å². The molecule has 0 aliphatic rings.